The van der Waals surface area contributed by atoms with E-state index in [1.807, 2.05) is 18.2 Å². The van der Waals surface area contributed by atoms with Gasteiger partial charge in [-0.3, -0.25) is 4.79 Å². The van der Waals surface area contributed by atoms with Crippen LogP contribution in [-0.2, 0) is 7.05 Å². The number of anilines is 2. The largest absolute Gasteiger partial charge is 0.381 e. The lowest BCUT2D eigenvalue weighted by atomic mass is 10.0. The molecule has 0 amide bonds. The van der Waals surface area contributed by atoms with Crippen LogP contribution in [0.1, 0.15) is 12.8 Å². The van der Waals surface area contributed by atoms with Gasteiger partial charge in [-0.2, -0.15) is 5.10 Å². The van der Waals surface area contributed by atoms with Gasteiger partial charge in [0.1, 0.15) is 5.02 Å². The van der Waals surface area contributed by atoms with Crippen LogP contribution in [0.3, 0.4) is 0 Å². The Labute approximate surface area is 134 Å². The zero-order valence-electron chi connectivity index (χ0n) is 12.5. The van der Waals surface area contributed by atoms with Crippen molar-refractivity contribution in [2.24, 2.45) is 7.05 Å². The average Bonchev–Trinajstić information content (AvgIpc) is 2.54. The summed E-state index contributed by atoms with van der Waals surface area (Å²) in [5.74, 6) is 0. The maximum absolute atomic E-state index is 11.9. The van der Waals surface area contributed by atoms with Gasteiger partial charge in [-0.1, -0.05) is 29.8 Å². The predicted octanol–water partition coefficient (Wildman–Crippen LogP) is 2.51. The van der Waals surface area contributed by atoms with E-state index in [0.717, 1.165) is 37.3 Å². The Morgan fingerprint density at radius 3 is 2.86 bits per heavy atom. The van der Waals surface area contributed by atoms with E-state index < -0.39 is 0 Å². The predicted molar refractivity (Wildman–Crippen MR) is 89.8 cm³/mol. The molecular weight excluding hydrogens is 300 g/mol. The molecule has 1 aliphatic rings. The Morgan fingerprint density at radius 1 is 1.32 bits per heavy atom. The first-order chi connectivity index (χ1) is 10.6. The van der Waals surface area contributed by atoms with E-state index in [1.54, 1.807) is 13.2 Å². The Balaban J connectivity index is 1.76. The minimum Gasteiger partial charge on any atom is -0.381 e. The second kappa shape index (κ2) is 6.40. The number of nitrogens with one attached hydrogen (secondary N) is 1. The van der Waals surface area contributed by atoms with E-state index in [2.05, 4.69) is 27.4 Å². The molecule has 1 aromatic heterocycles. The van der Waals surface area contributed by atoms with Gasteiger partial charge in [0.15, 0.2) is 0 Å². The monoisotopic (exact) mass is 318 g/mol. The molecule has 0 saturated carbocycles. The summed E-state index contributed by atoms with van der Waals surface area (Å²) < 4.78 is 1.26. The Bertz CT molecular complexity index is 701. The molecule has 1 N–H and O–H groups in total. The fraction of sp³-hybridized carbons (Fsp3) is 0.375. The number of aromatic nitrogens is 2. The second-order valence-electron chi connectivity index (χ2n) is 5.57. The molecule has 0 unspecified atom stereocenters. The molecule has 0 bridgehead atoms. The highest BCUT2D eigenvalue weighted by Crippen LogP contribution is 2.25. The first-order valence-corrected chi connectivity index (χ1v) is 7.81. The number of piperidine rings is 1. The maximum Gasteiger partial charge on any atom is 0.287 e. The molecular formula is C16H19ClN4O. The molecule has 5 nitrogen and oxygen atoms in total. The quantitative estimate of drug-likeness (QED) is 0.945. The summed E-state index contributed by atoms with van der Waals surface area (Å²) in [4.78, 5) is 14.1. The molecule has 2 heterocycles. The Morgan fingerprint density at radius 2 is 2.09 bits per heavy atom. The number of aryl methyl sites for hydroxylation is 1. The molecule has 116 valence electrons. The fourth-order valence-corrected chi connectivity index (χ4v) is 3.10. The lowest BCUT2D eigenvalue weighted by molar-refractivity contribution is 0.528. The first kappa shape index (κ1) is 14.9. The topological polar surface area (TPSA) is 50.2 Å². The van der Waals surface area contributed by atoms with Gasteiger partial charge in [0.25, 0.3) is 5.56 Å². The van der Waals surface area contributed by atoms with Gasteiger partial charge in [-0.05, 0) is 25.0 Å². The van der Waals surface area contributed by atoms with Crippen molar-refractivity contribution in [3.63, 3.8) is 0 Å². The third-order valence-corrected chi connectivity index (χ3v) is 4.32. The molecule has 22 heavy (non-hydrogen) atoms. The van der Waals surface area contributed by atoms with Gasteiger partial charge in [0.05, 0.1) is 11.9 Å². The van der Waals surface area contributed by atoms with Gasteiger partial charge < -0.3 is 10.2 Å². The molecule has 1 aliphatic heterocycles. The number of hydrogen-bond acceptors (Lipinski definition) is 4. The number of para-hydroxylation sites is 1. The zero-order chi connectivity index (χ0) is 15.5. The van der Waals surface area contributed by atoms with Crippen molar-refractivity contribution < 1.29 is 0 Å². The summed E-state index contributed by atoms with van der Waals surface area (Å²) in [5, 5.41) is 7.87. The van der Waals surface area contributed by atoms with Crippen LogP contribution in [0.2, 0.25) is 5.02 Å². The highest BCUT2D eigenvalue weighted by atomic mass is 35.5. The van der Waals surface area contributed by atoms with Gasteiger partial charge in [0, 0.05) is 31.9 Å². The molecule has 0 spiro atoms. The molecule has 0 radical (unpaired) electrons. The van der Waals surface area contributed by atoms with Gasteiger partial charge >= 0.3 is 0 Å². The summed E-state index contributed by atoms with van der Waals surface area (Å²) in [6, 6.07) is 10.5. The lowest BCUT2D eigenvalue weighted by Gasteiger charge is -2.35. The molecule has 6 heteroatoms. The summed E-state index contributed by atoms with van der Waals surface area (Å²) in [5.41, 5.74) is 1.59. The van der Waals surface area contributed by atoms with Crippen LogP contribution < -0.4 is 15.8 Å². The van der Waals surface area contributed by atoms with E-state index in [-0.39, 0.29) is 10.6 Å². The van der Waals surface area contributed by atoms with Crippen molar-refractivity contribution in [1.82, 2.24) is 9.78 Å². The minimum absolute atomic E-state index is 0.248. The summed E-state index contributed by atoms with van der Waals surface area (Å²) >= 11 is 6.20. The smallest absolute Gasteiger partial charge is 0.287 e. The normalized spacial score (nSPS) is 18.3. The Hall–Kier alpha value is -2.01. The van der Waals surface area contributed by atoms with Crippen molar-refractivity contribution in [3.8, 4) is 0 Å². The van der Waals surface area contributed by atoms with Gasteiger partial charge in [-0.25, -0.2) is 4.68 Å². The molecule has 1 fully saturated rings. The average molecular weight is 319 g/mol. The summed E-state index contributed by atoms with van der Waals surface area (Å²) in [7, 11) is 1.61. The van der Waals surface area contributed by atoms with Crippen LogP contribution in [-0.4, -0.2) is 28.9 Å². The number of benzene rings is 1. The van der Waals surface area contributed by atoms with E-state index in [4.69, 9.17) is 11.6 Å². The Kier molecular flexibility index (Phi) is 4.34. The highest BCUT2D eigenvalue weighted by molar-refractivity contribution is 6.33. The number of halogens is 1. The van der Waals surface area contributed by atoms with Crippen LogP contribution in [0.5, 0.6) is 0 Å². The standard InChI is InChI=1S/C16H19ClN4O/c1-20-16(22)15(17)14(10-18-20)21-9-5-8-13(11-21)19-12-6-3-2-4-7-12/h2-4,6-7,10,13,19H,5,8-9,11H2,1H3/t13-/m1/s1. The maximum atomic E-state index is 11.9. The molecule has 1 atom stereocenters. The van der Waals surface area contributed by atoms with Crippen molar-refractivity contribution in [2.75, 3.05) is 23.3 Å². The van der Waals surface area contributed by atoms with Crippen LogP contribution in [0, 0.1) is 0 Å². The number of nitrogens with zero attached hydrogens (tertiary/aromatic N) is 3. The fourth-order valence-electron chi connectivity index (χ4n) is 2.81. The van der Waals surface area contributed by atoms with Crippen molar-refractivity contribution in [3.05, 3.63) is 51.9 Å². The van der Waals surface area contributed by atoms with Crippen LogP contribution >= 0.6 is 11.6 Å². The number of hydrogen-bond donors (Lipinski definition) is 1. The van der Waals surface area contributed by atoms with Crippen LogP contribution in [0.4, 0.5) is 11.4 Å². The molecule has 1 saturated heterocycles. The first-order valence-electron chi connectivity index (χ1n) is 7.43. The minimum atomic E-state index is -0.252. The third-order valence-electron chi connectivity index (χ3n) is 3.97. The van der Waals surface area contributed by atoms with E-state index in [9.17, 15) is 4.79 Å². The highest BCUT2D eigenvalue weighted by Gasteiger charge is 2.23. The molecule has 0 aliphatic carbocycles. The second-order valence-corrected chi connectivity index (χ2v) is 5.95. The SMILES string of the molecule is Cn1ncc(N2CCC[C@@H](Nc3ccccc3)C2)c(Cl)c1=O. The van der Waals surface area contributed by atoms with E-state index >= 15 is 0 Å². The van der Waals surface area contributed by atoms with Crippen molar-refractivity contribution in [1.29, 1.82) is 0 Å². The van der Waals surface area contributed by atoms with Crippen LogP contribution in [0.15, 0.2) is 41.3 Å². The van der Waals surface area contributed by atoms with Crippen molar-refractivity contribution in [2.45, 2.75) is 18.9 Å². The molecule has 2 aromatic rings. The lowest BCUT2D eigenvalue weighted by Crippen LogP contribution is -2.43. The number of rotatable bonds is 3. The van der Waals surface area contributed by atoms with E-state index in [0.29, 0.717) is 6.04 Å². The summed E-state index contributed by atoms with van der Waals surface area (Å²) in [6.45, 7) is 1.70. The van der Waals surface area contributed by atoms with Crippen molar-refractivity contribution >= 4 is 23.0 Å². The van der Waals surface area contributed by atoms with Gasteiger partial charge in [0.2, 0.25) is 0 Å². The van der Waals surface area contributed by atoms with Gasteiger partial charge in [-0.15, -0.1) is 0 Å². The zero-order valence-corrected chi connectivity index (χ0v) is 13.3. The summed E-state index contributed by atoms with van der Waals surface area (Å²) in [6.07, 6.45) is 3.83. The van der Waals surface area contributed by atoms with E-state index in [1.165, 1.54) is 4.68 Å². The third kappa shape index (κ3) is 3.09. The molecule has 3 rings (SSSR count). The molecule has 1 aromatic carbocycles. The van der Waals surface area contributed by atoms with Crippen LogP contribution in [0.25, 0.3) is 0 Å².